The minimum absolute atomic E-state index is 0.267. The maximum Gasteiger partial charge on any atom is 0.123 e. The van der Waals surface area contributed by atoms with Gasteiger partial charge in [-0.15, -0.1) is 0 Å². The lowest BCUT2D eigenvalue weighted by Gasteiger charge is -2.25. The molecule has 2 N–H and O–H groups in total. The number of alkyl halides is 1. The van der Waals surface area contributed by atoms with Gasteiger partial charge in [0.1, 0.15) is 11.5 Å². The number of rotatable bonds is 1. The molecule has 1 nitrogen and oxygen atoms in total. The molecule has 3 heteroatoms. The quantitative estimate of drug-likeness (QED) is 0.759. The summed E-state index contributed by atoms with van der Waals surface area (Å²) >= 11 is 0. The first kappa shape index (κ1) is 10.6. The molecule has 1 aliphatic rings. The van der Waals surface area contributed by atoms with Crippen LogP contribution in [0.5, 0.6) is 0 Å². The zero-order valence-electron chi connectivity index (χ0n) is 8.76. The highest BCUT2D eigenvalue weighted by Gasteiger charge is 2.44. The highest BCUT2D eigenvalue weighted by atomic mass is 19.1. The van der Waals surface area contributed by atoms with E-state index >= 15 is 0 Å². The van der Waals surface area contributed by atoms with Gasteiger partial charge < -0.3 is 5.73 Å². The second kappa shape index (κ2) is 3.27. The summed E-state index contributed by atoms with van der Waals surface area (Å²) < 4.78 is 26.8. The summed E-state index contributed by atoms with van der Waals surface area (Å²) in [5.74, 6) is -0.315. The van der Waals surface area contributed by atoms with E-state index in [0.717, 1.165) is 0 Å². The van der Waals surface area contributed by atoms with Crippen molar-refractivity contribution in [2.45, 2.75) is 37.4 Å². The molecule has 0 aliphatic heterocycles. The maximum absolute atomic E-state index is 13.7. The van der Waals surface area contributed by atoms with Gasteiger partial charge in [0.15, 0.2) is 0 Å². The first-order valence-electron chi connectivity index (χ1n) is 5.15. The zero-order chi connectivity index (χ0) is 11.1. The van der Waals surface area contributed by atoms with E-state index in [1.54, 1.807) is 19.1 Å². The average molecular weight is 211 g/mol. The molecule has 2 unspecified atom stereocenters. The highest BCUT2D eigenvalue weighted by Crippen LogP contribution is 2.44. The van der Waals surface area contributed by atoms with E-state index in [2.05, 4.69) is 0 Å². The number of benzene rings is 1. The van der Waals surface area contributed by atoms with Crippen molar-refractivity contribution in [1.29, 1.82) is 0 Å². The van der Waals surface area contributed by atoms with E-state index < -0.39 is 11.2 Å². The highest BCUT2D eigenvalue weighted by molar-refractivity contribution is 5.27. The fourth-order valence-electron chi connectivity index (χ4n) is 2.36. The third-order valence-corrected chi connectivity index (χ3v) is 3.18. The lowest BCUT2D eigenvalue weighted by Crippen LogP contribution is -2.35. The fourth-order valence-corrected chi connectivity index (χ4v) is 2.36. The van der Waals surface area contributed by atoms with Crippen LogP contribution >= 0.6 is 0 Å². The molecule has 82 valence electrons. The molecule has 0 spiro atoms. The van der Waals surface area contributed by atoms with Gasteiger partial charge in [-0.05, 0) is 37.5 Å². The van der Waals surface area contributed by atoms with Crippen molar-refractivity contribution >= 4 is 0 Å². The molecule has 0 radical (unpaired) electrons. The zero-order valence-corrected chi connectivity index (χ0v) is 8.76. The van der Waals surface area contributed by atoms with Gasteiger partial charge in [0.05, 0.1) is 0 Å². The molecule has 1 aliphatic carbocycles. The van der Waals surface area contributed by atoms with Gasteiger partial charge in [-0.3, -0.25) is 0 Å². The molecule has 1 saturated carbocycles. The maximum atomic E-state index is 13.7. The summed E-state index contributed by atoms with van der Waals surface area (Å²) in [7, 11) is 0. The Morgan fingerprint density at radius 2 is 2.07 bits per heavy atom. The first-order chi connectivity index (χ1) is 6.91. The average Bonchev–Trinajstić information content (AvgIpc) is 2.42. The Hall–Kier alpha value is -0.960. The van der Waals surface area contributed by atoms with Gasteiger partial charge in [-0.1, -0.05) is 12.1 Å². The Balaban J connectivity index is 2.31. The van der Waals surface area contributed by atoms with Crippen molar-refractivity contribution in [2.75, 3.05) is 0 Å². The van der Waals surface area contributed by atoms with Crippen LogP contribution < -0.4 is 5.73 Å². The summed E-state index contributed by atoms with van der Waals surface area (Å²) in [6.45, 7) is 1.56. The van der Waals surface area contributed by atoms with Crippen LogP contribution in [0, 0.1) is 5.82 Å². The second-order valence-corrected chi connectivity index (χ2v) is 4.76. The Morgan fingerprint density at radius 3 is 2.60 bits per heavy atom. The van der Waals surface area contributed by atoms with Gasteiger partial charge >= 0.3 is 0 Å². The van der Waals surface area contributed by atoms with Crippen molar-refractivity contribution < 1.29 is 8.78 Å². The minimum atomic E-state index is -1.22. The van der Waals surface area contributed by atoms with E-state index in [1.807, 2.05) is 0 Å². The predicted octanol–water partition coefficient (Wildman–Crippen LogP) is 2.89. The van der Waals surface area contributed by atoms with Crippen LogP contribution in [0.25, 0.3) is 0 Å². The summed E-state index contributed by atoms with van der Waals surface area (Å²) in [6.07, 6.45) is 1.28. The van der Waals surface area contributed by atoms with Crippen LogP contribution in [-0.4, -0.2) is 5.67 Å². The monoisotopic (exact) mass is 211 g/mol. The lowest BCUT2D eigenvalue weighted by molar-refractivity contribution is 0.187. The molecular formula is C12H15F2N. The molecule has 15 heavy (non-hydrogen) atoms. The first-order valence-corrected chi connectivity index (χ1v) is 5.15. The van der Waals surface area contributed by atoms with Crippen molar-refractivity contribution in [3.8, 4) is 0 Å². The van der Waals surface area contributed by atoms with E-state index in [0.29, 0.717) is 18.4 Å². The Labute approximate surface area is 88.3 Å². The Kier molecular flexibility index (Phi) is 2.30. The molecule has 2 atom stereocenters. The minimum Gasteiger partial charge on any atom is -0.321 e. The van der Waals surface area contributed by atoms with Crippen LogP contribution in [0.4, 0.5) is 8.78 Å². The predicted molar refractivity (Wildman–Crippen MR) is 55.6 cm³/mol. The molecule has 0 heterocycles. The summed E-state index contributed by atoms with van der Waals surface area (Å²) in [5.41, 5.74) is 4.89. The SMILES string of the molecule is CC1(F)CCC(N)(c2cccc(F)c2)C1. The van der Waals surface area contributed by atoms with Crippen LogP contribution in [0.3, 0.4) is 0 Å². The molecule has 0 aromatic heterocycles. The van der Waals surface area contributed by atoms with Gasteiger partial charge in [0.2, 0.25) is 0 Å². The molecule has 1 aromatic carbocycles. The largest absolute Gasteiger partial charge is 0.321 e. The summed E-state index contributed by atoms with van der Waals surface area (Å²) in [6, 6.07) is 6.16. The van der Waals surface area contributed by atoms with E-state index in [-0.39, 0.29) is 12.2 Å². The van der Waals surface area contributed by atoms with Crippen LogP contribution in [0.15, 0.2) is 24.3 Å². The topological polar surface area (TPSA) is 26.0 Å². The van der Waals surface area contributed by atoms with Gasteiger partial charge in [0.25, 0.3) is 0 Å². The molecule has 1 fully saturated rings. The number of hydrogen-bond donors (Lipinski definition) is 1. The molecule has 1 aromatic rings. The summed E-state index contributed by atoms with van der Waals surface area (Å²) in [4.78, 5) is 0. The van der Waals surface area contributed by atoms with Crippen LogP contribution in [0.2, 0.25) is 0 Å². The Bertz CT molecular complexity index is 376. The third kappa shape index (κ3) is 2.02. The van der Waals surface area contributed by atoms with Crippen LogP contribution in [0.1, 0.15) is 31.7 Å². The summed E-state index contributed by atoms with van der Waals surface area (Å²) in [5, 5.41) is 0. The van der Waals surface area contributed by atoms with Crippen molar-refractivity contribution in [2.24, 2.45) is 5.73 Å². The van der Waals surface area contributed by atoms with Crippen LogP contribution in [-0.2, 0) is 5.54 Å². The number of nitrogens with two attached hydrogens (primary N) is 1. The normalized spacial score (nSPS) is 35.7. The smallest absolute Gasteiger partial charge is 0.123 e. The second-order valence-electron chi connectivity index (χ2n) is 4.76. The lowest BCUT2D eigenvalue weighted by atomic mass is 9.88. The molecular weight excluding hydrogens is 196 g/mol. The van der Waals surface area contributed by atoms with Gasteiger partial charge in [-0.25, -0.2) is 8.78 Å². The number of hydrogen-bond acceptors (Lipinski definition) is 1. The third-order valence-electron chi connectivity index (χ3n) is 3.18. The van der Waals surface area contributed by atoms with Crippen molar-refractivity contribution in [1.82, 2.24) is 0 Å². The molecule has 2 rings (SSSR count). The van der Waals surface area contributed by atoms with Crippen molar-refractivity contribution in [3.05, 3.63) is 35.6 Å². The Morgan fingerprint density at radius 1 is 1.33 bits per heavy atom. The molecule has 0 amide bonds. The van der Waals surface area contributed by atoms with E-state index in [4.69, 9.17) is 5.73 Å². The molecule has 0 bridgehead atoms. The fraction of sp³-hybridized carbons (Fsp3) is 0.500. The van der Waals surface area contributed by atoms with Gasteiger partial charge in [0, 0.05) is 12.0 Å². The van der Waals surface area contributed by atoms with Crippen molar-refractivity contribution in [3.63, 3.8) is 0 Å². The standard InChI is InChI=1S/C12H15F2N/c1-11(14)5-6-12(15,8-11)9-3-2-4-10(13)7-9/h2-4,7H,5-6,8,15H2,1H3. The van der Waals surface area contributed by atoms with Gasteiger partial charge in [-0.2, -0.15) is 0 Å². The number of halogens is 2. The van der Waals surface area contributed by atoms with E-state index in [9.17, 15) is 8.78 Å². The molecule has 0 saturated heterocycles. The van der Waals surface area contributed by atoms with E-state index in [1.165, 1.54) is 12.1 Å².